The average molecular weight is 201 g/mol. The molecular formula is C12H11NS. The second-order valence-electron chi connectivity index (χ2n) is 3.00. The van der Waals surface area contributed by atoms with Crippen LogP contribution in [0.3, 0.4) is 0 Å². The highest BCUT2D eigenvalue weighted by Crippen LogP contribution is 2.22. The van der Waals surface area contributed by atoms with E-state index in [2.05, 4.69) is 35.3 Å². The van der Waals surface area contributed by atoms with E-state index >= 15 is 0 Å². The number of aliphatic imine (C=N–C) groups is 1. The van der Waals surface area contributed by atoms with Gasteiger partial charge in [-0.2, -0.15) is 0 Å². The van der Waals surface area contributed by atoms with Crippen molar-refractivity contribution in [2.24, 2.45) is 4.99 Å². The van der Waals surface area contributed by atoms with E-state index in [1.807, 2.05) is 23.9 Å². The molecule has 1 aromatic rings. The Labute approximate surface area is 88.3 Å². The fraction of sp³-hybridized carbons (Fsp3) is 0.0833. The Morgan fingerprint density at radius 2 is 2.00 bits per heavy atom. The first-order chi connectivity index (χ1) is 6.95. The Morgan fingerprint density at radius 1 is 1.14 bits per heavy atom. The van der Waals surface area contributed by atoms with E-state index in [9.17, 15) is 0 Å². The van der Waals surface area contributed by atoms with Crippen LogP contribution in [0, 0.1) is 0 Å². The van der Waals surface area contributed by atoms with Crippen LogP contribution in [-0.4, -0.2) is 6.21 Å². The normalized spacial score (nSPS) is 15.0. The molecular weight excluding hydrogens is 190 g/mol. The number of benzene rings is 1. The second-order valence-corrected chi connectivity index (χ2v) is 4.03. The monoisotopic (exact) mass is 201 g/mol. The van der Waals surface area contributed by atoms with E-state index in [1.54, 1.807) is 11.8 Å². The van der Waals surface area contributed by atoms with Crippen molar-refractivity contribution in [3.63, 3.8) is 0 Å². The van der Waals surface area contributed by atoms with Gasteiger partial charge in [-0.3, -0.25) is 4.99 Å². The van der Waals surface area contributed by atoms with Crippen LogP contribution < -0.4 is 0 Å². The summed E-state index contributed by atoms with van der Waals surface area (Å²) in [6.07, 6.45) is 6.72. The Hall–Kier alpha value is -1.28. The number of nitrogens with zero attached hydrogens (tertiary/aromatic N) is 1. The third-order valence-corrected chi connectivity index (χ3v) is 2.77. The molecule has 0 spiro atoms. The van der Waals surface area contributed by atoms with Gasteiger partial charge in [0.2, 0.25) is 0 Å². The van der Waals surface area contributed by atoms with Gasteiger partial charge in [0.15, 0.2) is 0 Å². The lowest BCUT2D eigenvalue weighted by molar-refractivity contribution is 1.25. The van der Waals surface area contributed by atoms with E-state index in [1.165, 1.54) is 10.5 Å². The van der Waals surface area contributed by atoms with E-state index in [-0.39, 0.29) is 0 Å². The maximum atomic E-state index is 4.06. The lowest BCUT2D eigenvalue weighted by atomic mass is 10.1. The van der Waals surface area contributed by atoms with Gasteiger partial charge in [-0.1, -0.05) is 30.3 Å². The molecule has 70 valence electrons. The number of thioether (sulfide) groups is 1. The highest BCUT2D eigenvalue weighted by Gasteiger charge is 1.98. The Bertz CT molecular complexity index is 377. The largest absolute Gasteiger partial charge is 0.264 e. The molecule has 0 N–H and O–H groups in total. The molecule has 1 heterocycles. The lowest BCUT2D eigenvalue weighted by Crippen LogP contribution is -1.85. The van der Waals surface area contributed by atoms with Crippen LogP contribution in [0.4, 0.5) is 0 Å². The van der Waals surface area contributed by atoms with Crippen molar-refractivity contribution in [2.45, 2.75) is 6.42 Å². The van der Waals surface area contributed by atoms with Crippen LogP contribution in [-0.2, 0) is 6.42 Å². The zero-order chi connectivity index (χ0) is 9.64. The van der Waals surface area contributed by atoms with Gasteiger partial charge in [0.05, 0.1) is 0 Å². The molecule has 0 fully saturated rings. The van der Waals surface area contributed by atoms with Crippen LogP contribution >= 0.6 is 11.8 Å². The predicted octanol–water partition coefficient (Wildman–Crippen LogP) is 3.40. The molecule has 1 aliphatic heterocycles. The van der Waals surface area contributed by atoms with E-state index in [0.29, 0.717) is 0 Å². The summed E-state index contributed by atoms with van der Waals surface area (Å²) in [4.78, 5) is 5.39. The summed E-state index contributed by atoms with van der Waals surface area (Å²) in [5.74, 6) is 0. The van der Waals surface area contributed by atoms with Gasteiger partial charge in [-0.05, 0) is 22.0 Å². The number of rotatable bonds is 2. The van der Waals surface area contributed by atoms with Gasteiger partial charge in [-0.15, -0.1) is 11.8 Å². The predicted molar refractivity (Wildman–Crippen MR) is 63.5 cm³/mol. The molecule has 0 aromatic heterocycles. The van der Waals surface area contributed by atoms with Crippen molar-refractivity contribution in [3.8, 4) is 0 Å². The van der Waals surface area contributed by atoms with Crippen molar-refractivity contribution in [2.75, 3.05) is 0 Å². The molecule has 1 aromatic carbocycles. The van der Waals surface area contributed by atoms with Gasteiger partial charge in [0, 0.05) is 18.8 Å². The smallest absolute Gasteiger partial charge is 0.0334 e. The Morgan fingerprint density at radius 3 is 2.86 bits per heavy atom. The maximum Gasteiger partial charge on any atom is 0.0334 e. The minimum absolute atomic E-state index is 0.988. The molecule has 0 radical (unpaired) electrons. The number of hydrogen-bond acceptors (Lipinski definition) is 2. The third-order valence-electron chi connectivity index (χ3n) is 1.93. The quantitative estimate of drug-likeness (QED) is 0.714. The van der Waals surface area contributed by atoms with Gasteiger partial charge < -0.3 is 0 Å². The molecule has 1 nitrogen and oxygen atoms in total. The molecule has 0 atom stereocenters. The fourth-order valence-electron chi connectivity index (χ4n) is 1.27. The van der Waals surface area contributed by atoms with Crippen LogP contribution in [0.5, 0.6) is 0 Å². The first-order valence-corrected chi connectivity index (χ1v) is 5.41. The number of hydrogen-bond donors (Lipinski definition) is 0. The zero-order valence-corrected chi connectivity index (χ0v) is 8.58. The summed E-state index contributed by atoms with van der Waals surface area (Å²) in [7, 11) is 0. The minimum Gasteiger partial charge on any atom is -0.264 e. The topological polar surface area (TPSA) is 12.4 Å². The molecule has 14 heavy (non-hydrogen) atoms. The van der Waals surface area contributed by atoms with Crippen molar-refractivity contribution >= 4 is 18.0 Å². The molecule has 0 aliphatic carbocycles. The van der Waals surface area contributed by atoms with E-state index in [4.69, 9.17) is 0 Å². The maximum absolute atomic E-state index is 4.06. The highest BCUT2D eigenvalue weighted by molar-refractivity contribution is 8.05. The first-order valence-electron chi connectivity index (χ1n) is 4.53. The molecule has 0 amide bonds. The standard InChI is InChI=1S/C12H11NS/c1-2-4-11(5-3-1)10-12-6-7-13-8-9-14-12/h1-9H,10H2. The molecule has 0 saturated carbocycles. The number of allylic oxidation sites excluding steroid dienone is 2. The minimum atomic E-state index is 0.988. The summed E-state index contributed by atoms with van der Waals surface area (Å²) in [5, 5.41) is 2.01. The molecule has 2 heteroatoms. The zero-order valence-electron chi connectivity index (χ0n) is 7.76. The van der Waals surface area contributed by atoms with Crippen molar-refractivity contribution in [3.05, 3.63) is 58.5 Å². The summed E-state index contributed by atoms with van der Waals surface area (Å²) >= 11 is 1.73. The molecule has 0 bridgehead atoms. The molecule has 0 unspecified atom stereocenters. The van der Waals surface area contributed by atoms with Crippen molar-refractivity contribution < 1.29 is 0 Å². The van der Waals surface area contributed by atoms with Crippen LogP contribution in [0.2, 0.25) is 0 Å². The molecule has 2 rings (SSSR count). The SMILES string of the molecule is C1=CSC(Cc2ccccc2)=CC=N1. The summed E-state index contributed by atoms with van der Waals surface area (Å²) < 4.78 is 0. The Kier molecular flexibility index (Phi) is 3.19. The van der Waals surface area contributed by atoms with Gasteiger partial charge in [0.1, 0.15) is 0 Å². The fourth-order valence-corrected chi connectivity index (χ4v) is 1.96. The van der Waals surface area contributed by atoms with Crippen LogP contribution in [0.1, 0.15) is 5.56 Å². The van der Waals surface area contributed by atoms with E-state index in [0.717, 1.165) is 6.42 Å². The average Bonchev–Trinajstić information content (AvgIpc) is 2.48. The van der Waals surface area contributed by atoms with Gasteiger partial charge in [-0.25, -0.2) is 0 Å². The second kappa shape index (κ2) is 4.82. The summed E-state index contributed by atoms with van der Waals surface area (Å²) in [5.41, 5.74) is 1.34. The lowest BCUT2D eigenvalue weighted by Gasteiger charge is -2.02. The molecule has 1 aliphatic rings. The highest BCUT2D eigenvalue weighted by atomic mass is 32.2. The van der Waals surface area contributed by atoms with Gasteiger partial charge in [0.25, 0.3) is 0 Å². The summed E-state index contributed by atoms with van der Waals surface area (Å²) in [6.45, 7) is 0. The van der Waals surface area contributed by atoms with E-state index < -0.39 is 0 Å². The van der Waals surface area contributed by atoms with Crippen molar-refractivity contribution in [1.82, 2.24) is 0 Å². The van der Waals surface area contributed by atoms with Crippen LogP contribution in [0.15, 0.2) is 57.9 Å². The van der Waals surface area contributed by atoms with Gasteiger partial charge >= 0.3 is 0 Å². The Balaban J connectivity index is 2.08. The third kappa shape index (κ3) is 2.60. The first kappa shape index (κ1) is 9.28. The van der Waals surface area contributed by atoms with Crippen LogP contribution in [0.25, 0.3) is 0 Å². The summed E-state index contributed by atoms with van der Waals surface area (Å²) in [6, 6.07) is 10.5. The molecule has 0 saturated heterocycles. The van der Waals surface area contributed by atoms with Crippen molar-refractivity contribution in [1.29, 1.82) is 0 Å².